The van der Waals surface area contributed by atoms with Crippen molar-refractivity contribution in [1.82, 2.24) is 10.2 Å². The number of hydrogen-bond donors (Lipinski definition) is 2. The van der Waals surface area contributed by atoms with E-state index in [1.807, 2.05) is 0 Å². The number of nitrogens with one attached hydrogen (secondary N) is 1. The summed E-state index contributed by atoms with van der Waals surface area (Å²) >= 11 is 0. The number of likely N-dealkylation sites (N-methyl/N-ethyl adjacent to an activating group) is 1. The van der Waals surface area contributed by atoms with Crippen LogP contribution in [0.1, 0.15) is 6.42 Å². The Balaban J connectivity index is 2.06. The molecule has 2 bridgehead atoms. The van der Waals surface area contributed by atoms with Crippen LogP contribution in [0.3, 0.4) is 0 Å². The highest BCUT2D eigenvalue weighted by atomic mass is 16.3. The molecule has 2 aliphatic heterocycles. The SMILES string of the molecule is CN1CC2CC(O)C(C1)N2. The number of likely N-dealkylation sites (tertiary alicyclic amines) is 1. The van der Waals surface area contributed by atoms with Crippen LogP contribution in [0.4, 0.5) is 0 Å². The first-order chi connectivity index (χ1) is 4.75. The minimum atomic E-state index is -0.102. The van der Waals surface area contributed by atoms with Crippen molar-refractivity contribution in [2.24, 2.45) is 0 Å². The van der Waals surface area contributed by atoms with Gasteiger partial charge < -0.3 is 15.3 Å². The van der Waals surface area contributed by atoms with E-state index in [2.05, 4.69) is 17.3 Å². The molecule has 2 saturated heterocycles. The second-order valence-corrected chi connectivity index (χ2v) is 3.49. The molecule has 2 rings (SSSR count). The van der Waals surface area contributed by atoms with Crippen molar-refractivity contribution in [1.29, 1.82) is 0 Å². The Morgan fingerprint density at radius 2 is 2.30 bits per heavy atom. The minimum absolute atomic E-state index is 0.102. The van der Waals surface area contributed by atoms with Gasteiger partial charge in [0.25, 0.3) is 0 Å². The monoisotopic (exact) mass is 142 g/mol. The summed E-state index contributed by atoms with van der Waals surface area (Å²) in [4.78, 5) is 2.28. The van der Waals surface area contributed by atoms with Crippen molar-refractivity contribution in [2.75, 3.05) is 20.1 Å². The molecule has 0 aromatic rings. The number of nitrogens with zero attached hydrogens (tertiary/aromatic N) is 1. The fraction of sp³-hybridized carbons (Fsp3) is 1.00. The van der Waals surface area contributed by atoms with E-state index >= 15 is 0 Å². The van der Waals surface area contributed by atoms with Crippen LogP contribution in [-0.4, -0.2) is 48.3 Å². The van der Waals surface area contributed by atoms with Gasteiger partial charge in [-0.3, -0.25) is 0 Å². The quantitative estimate of drug-likeness (QED) is 0.456. The standard InChI is InChI=1S/C7H14N2O/c1-9-3-5-2-7(10)6(4-9)8-5/h5-8,10H,2-4H2,1H3. The van der Waals surface area contributed by atoms with Crippen molar-refractivity contribution in [2.45, 2.75) is 24.6 Å². The lowest BCUT2D eigenvalue weighted by Crippen LogP contribution is -2.51. The third-order valence-corrected chi connectivity index (χ3v) is 2.48. The van der Waals surface area contributed by atoms with Crippen molar-refractivity contribution in [3.8, 4) is 0 Å². The molecule has 58 valence electrons. The molecule has 2 fully saturated rings. The number of piperazine rings is 1. The van der Waals surface area contributed by atoms with Crippen molar-refractivity contribution in [3.05, 3.63) is 0 Å². The molecule has 0 saturated carbocycles. The normalized spacial score (nSPS) is 48.0. The molecule has 2 heterocycles. The third kappa shape index (κ3) is 0.944. The fourth-order valence-corrected chi connectivity index (χ4v) is 2.03. The molecular weight excluding hydrogens is 128 g/mol. The van der Waals surface area contributed by atoms with E-state index in [4.69, 9.17) is 0 Å². The molecule has 0 aliphatic carbocycles. The Bertz CT molecular complexity index is 135. The van der Waals surface area contributed by atoms with Gasteiger partial charge in [0.15, 0.2) is 0 Å². The molecule has 3 atom stereocenters. The molecule has 3 nitrogen and oxygen atoms in total. The lowest BCUT2D eigenvalue weighted by molar-refractivity contribution is 0.141. The summed E-state index contributed by atoms with van der Waals surface area (Å²) in [5.74, 6) is 0. The number of rotatable bonds is 0. The molecule has 3 unspecified atom stereocenters. The van der Waals surface area contributed by atoms with Crippen LogP contribution >= 0.6 is 0 Å². The van der Waals surface area contributed by atoms with E-state index in [-0.39, 0.29) is 6.10 Å². The third-order valence-electron chi connectivity index (χ3n) is 2.48. The van der Waals surface area contributed by atoms with E-state index < -0.39 is 0 Å². The average Bonchev–Trinajstić information content (AvgIpc) is 2.07. The molecule has 2 N–H and O–H groups in total. The maximum Gasteiger partial charge on any atom is 0.0721 e. The lowest BCUT2D eigenvalue weighted by atomic mass is 10.2. The number of aliphatic hydroxyl groups excluding tert-OH is 1. The molecular formula is C7H14N2O. The van der Waals surface area contributed by atoms with Gasteiger partial charge in [-0.05, 0) is 13.5 Å². The molecule has 0 aromatic heterocycles. The molecule has 0 spiro atoms. The summed E-state index contributed by atoms with van der Waals surface area (Å²) in [5, 5.41) is 12.8. The van der Waals surface area contributed by atoms with Gasteiger partial charge in [-0.15, -0.1) is 0 Å². The maximum atomic E-state index is 9.43. The van der Waals surface area contributed by atoms with Crippen LogP contribution in [0.2, 0.25) is 0 Å². The van der Waals surface area contributed by atoms with Gasteiger partial charge in [0.05, 0.1) is 6.10 Å². The van der Waals surface area contributed by atoms with Gasteiger partial charge in [-0.1, -0.05) is 0 Å². The van der Waals surface area contributed by atoms with Crippen LogP contribution in [0.5, 0.6) is 0 Å². The highest BCUT2D eigenvalue weighted by Gasteiger charge is 2.37. The van der Waals surface area contributed by atoms with Gasteiger partial charge in [-0.25, -0.2) is 0 Å². The van der Waals surface area contributed by atoms with Crippen LogP contribution in [0.25, 0.3) is 0 Å². The summed E-state index contributed by atoms with van der Waals surface area (Å²) in [6, 6.07) is 0.877. The summed E-state index contributed by atoms with van der Waals surface area (Å²) in [5.41, 5.74) is 0. The maximum absolute atomic E-state index is 9.43. The second-order valence-electron chi connectivity index (χ2n) is 3.49. The van der Waals surface area contributed by atoms with Crippen molar-refractivity contribution >= 4 is 0 Å². The first-order valence-electron chi connectivity index (χ1n) is 3.88. The zero-order chi connectivity index (χ0) is 7.14. The first-order valence-corrected chi connectivity index (χ1v) is 3.88. The molecule has 0 aromatic carbocycles. The Hall–Kier alpha value is -0.120. The van der Waals surface area contributed by atoms with Crippen LogP contribution in [0.15, 0.2) is 0 Å². The summed E-state index contributed by atoms with van der Waals surface area (Å²) in [6.07, 6.45) is 0.838. The number of fused-ring (bicyclic) bond motifs is 2. The zero-order valence-electron chi connectivity index (χ0n) is 6.25. The van der Waals surface area contributed by atoms with Crippen molar-refractivity contribution in [3.63, 3.8) is 0 Å². The summed E-state index contributed by atoms with van der Waals surface area (Å²) < 4.78 is 0. The molecule has 0 amide bonds. The average molecular weight is 142 g/mol. The topological polar surface area (TPSA) is 35.5 Å². The summed E-state index contributed by atoms with van der Waals surface area (Å²) in [7, 11) is 2.11. The molecule has 0 radical (unpaired) electrons. The lowest BCUT2D eigenvalue weighted by Gasteiger charge is -2.29. The van der Waals surface area contributed by atoms with Crippen LogP contribution < -0.4 is 5.32 Å². The van der Waals surface area contributed by atoms with E-state index in [0.29, 0.717) is 12.1 Å². The Morgan fingerprint density at radius 1 is 1.50 bits per heavy atom. The second kappa shape index (κ2) is 2.19. The molecule has 3 heteroatoms. The summed E-state index contributed by atoms with van der Waals surface area (Å²) in [6.45, 7) is 2.09. The Kier molecular flexibility index (Phi) is 1.44. The minimum Gasteiger partial charge on any atom is -0.391 e. The molecule has 2 aliphatic rings. The smallest absolute Gasteiger partial charge is 0.0721 e. The highest BCUT2D eigenvalue weighted by Crippen LogP contribution is 2.19. The van der Waals surface area contributed by atoms with Gasteiger partial charge in [0, 0.05) is 25.2 Å². The van der Waals surface area contributed by atoms with Crippen LogP contribution in [0, 0.1) is 0 Å². The van der Waals surface area contributed by atoms with E-state index in [0.717, 1.165) is 19.5 Å². The molecule has 10 heavy (non-hydrogen) atoms. The Morgan fingerprint density at radius 3 is 3.00 bits per heavy atom. The number of aliphatic hydroxyl groups is 1. The van der Waals surface area contributed by atoms with Gasteiger partial charge >= 0.3 is 0 Å². The fourth-order valence-electron chi connectivity index (χ4n) is 2.03. The van der Waals surface area contributed by atoms with E-state index in [1.54, 1.807) is 0 Å². The van der Waals surface area contributed by atoms with E-state index in [1.165, 1.54) is 0 Å². The van der Waals surface area contributed by atoms with Crippen LogP contribution in [-0.2, 0) is 0 Å². The van der Waals surface area contributed by atoms with Gasteiger partial charge in [-0.2, -0.15) is 0 Å². The van der Waals surface area contributed by atoms with Gasteiger partial charge in [0.2, 0.25) is 0 Å². The van der Waals surface area contributed by atoms with E-state index in [9.17, 15) is 5.11 Å². The Labute approximate surface area is 61.0 Å². The highest BCUT2D eigenvalue weighted by molar-refractivity contribution is 4.97. The predicted octanol–water partition coefficient (Wildman–Crippen LogP) is -0.977. The van der Waals surface area contributed by atoms with Gasteiger partial charge in [0.1, 0.15) is 0 Å². The largest absolute Gasteiger partial charge is 0.391 e. The predicted molar refractivity (Wildman–Crippen MR) is 38.8 cm³/mol. The van der Waals surface area contributed by atoms with Crippen molar-refractivity contribution < 1.29 is 5.11 Å². The zero-order valence-corrected chi connectivity index (χ0v) is 6.25. The first kappa shape index (κ1) is 6.58. The number of hydrogen-bond acceptors (Lipinski definition) is 3.